The number of rotatable bonds is 13. The molecule has 3 aliphatic carbocycles. The molecule has 1 unspecified atom stereocenters. The van der Waals surface area contributed by atoms with Gasteiger partial charge in [0, 0.05) is 17.9 Å². The average Bonchev–Trinajstić information content (AvgIpc) is 3.62. The second-order valence-electron chi connectivity index (χ2n) is 14.1. The van der Waals surface area contributed by atoms with Crippen LogP contribution in [-0.4, -0.2) is 74.4 Å². The lowest BCUT2D eigenvalue weighted by atomic mass is 9.54. The highest BCUT2D eigenvalue weighted by molar-refractivity contribution is 6.05. The summed E-state index contributed by atoms with van der Waals surface area (Å²) in [4.78, 5) is 13.6. The predicted molar refractivity (Wildman–Crippen MR) is 161 cm³/mol. The van der Waals surface area contributed by atoms with Gasteiger partial charge in [0.1, 0.15) is 29.5 Å². The maximum Gasteiger partial charge on any atom is 0.306 e. The topological polar surface area (TPSA) is 118 Å². The molecule has 0 aromatic rings. The molecule has 238 valence electrons. The van der Waals surface area contributed by atoms with Crippen molar-refractivity contribution in [1.29, 1.82) is 0 Å². The van der Waals surface area contributed by atoms with Gasteiger partial charge in [0.05, 0.1) is 12.2 Å². The van der Waals surface area contributed by atoms with Crippen LogP contribution in [0.1, 0.15) is 91.9 Å². The van der Waals surface area contributed by atoms with E-state index in [0.29, 0.717) is 12.0 Å². The quantitative estimate of drug-likeness (QED) is 0.120. The van der Waals surface area contributed by atoms with Crippen LogP contribution >= 0.6 is 0 Å². The maximum atomic E-state index is 13.6. The Balaban J connectivity index is 1.27. The van der Waals surface area contributed by atoms with Crippen molar-refractivity contribution in [2.24, 2.45) is 17.8 Å². The highest BCUT2D eigenvalue weighted by Gasteiger charge is 2.88. The number of allylic oxidation sites excluding steroid dienone is 3. The van der Waals surface area contributed by atoms with Gasteiger partial charge in [-0.05, 0) is 50.2 Å². The Morgan fingerprint density at radius 3 is 2.44 bits per heavy atom. The normalized spacial score (nSPS) is 47.5. The second-order valence-corrected chi connectivity index (χ2v) is 14.1. The molecule has 2 saturated carbocycles. The van der Waals surface area contributed by atoms with Gasteiger partial charge in [0.2, 0.25) is 0 Å². The number of unbranched alkanes of at least 4 members (excludes halogenated alkanes) is 8. The number of aliphatic hydroxyl groups excluding tert-OH is 2. The monoisotopic (exact) mass is 598 g/mol. The molecular formula is C35H50O8. The van der Waals surface area contributed by atoms with Crippen molar-refractivity contribution in [3.05, 3.63) is 48.1 Å². The Bertz CT molecular complexity index is 1220. The summed E-state index contributed by atoms with van der Waals surface area (Å²) in [6.07, 6.45) is 18.3. The molecule has 11 atom stereocenters. The number of Topliss-reactive ketones (excluding diaryl/α,β-unsaturated/α-hetero) is 1. The molecule has 3 aliphatic heterocycles. The molecule has 6 rings (SSSR count). The van der Waals surface area contributed by atoms with Crippen LogP contribution in [0.2, 0.25) is 0 Å². The zero-order chi connectivity index (χ0) is 30.8. The largest absolute Gasteiger partial charge is 0.393 e. The molecule has 6 aliphatic rings. The molecule has 0 amide bonds. The van der Waals surface area contributed by atoms with E-state index < -0.39 is 70.9 Å². The van der Waals surface area contributed by atoms with E-state index >= 15 is 0 Å². The molecule has 8 nitrogen and oxygen atoms in total. The number of carbonyl (C=O) groups is 1. The molecule has 0 spiro atoms. The van der Waals surface area contributed by atoms with Gasteiger partial charge >= 0.3 is 5.97 Å². The van der Waals surface area contributed by atoms with Crippen LogP contribution in [0.15, 0.2) is 48.1 Å². The second kappa shape index (κ2) is 11.0. The van der Waals surface area contributed by atoms with Crippen LogP contribution in [0.25, 0.3) is 0 Å². The summed E-state index contributed by atoms with van der Waals surface area (Å²) in [7, 11) is 0. The summed E-state index contributed by atoms with van der Waals surface area (Å²) in [5.41, 5.74) is -4.66. The molecule has 3 N–H and O–H groups in total. The fourth-order valence-corrected chi connectivity index (χ4v) is 9.16. The number of carbonyl (C=O) groups excluding carboxylic acids is 1. The van der Waals surface area contributed by atoms with Crippen LogP contribution in [0, 0.1) is 17.8 Å². The number of aliphatic hydroxyl groups is 3. The van der Waals surface area contributed by atoms with Crippen LogP contribution < -0.4 is 0 Å². The van der Waals surface area contributed by atoms with Crippen molar-refractivity contribution >= 4 is 5.78 Å². The Labute approximate surface area is 255 Å². The zero-order valence-corrected chi connectivity index (χ0v) is 26.2. The first-order chi connectivity index (χ1) is 20.5. The van der Waals surface area contributed by atoms with Crippen molar-refractivity contribution in [2.75, 3.05) is 6.61 Å². The van der Waals surface area contributed by atoms with E-state index in [1.807, 2.05) is 26.0 Å². The highest BCUT2D eigenvalue weighted by Crippen LogP contribution is 2.72. The third-order valence-electron chi connectivity index (χ3n) is 11.4. The Morgan fingerprint density at radius 1 is 1.07 bits per heavy atom. The first-order valence-corrected chi connectivity index (χ1v) is 16.5. The molecule has 8 heteroatoms. The van der Waals surface area contributed by atoms with E-state index in [9.17, 15) is 20.1 Å². The minimum atomic E-state index is -2.22. The molecule has 3 bridgehead atoms. The van der Waals surface area contributed by atoms with E-state index in [2.05, 4.69) is 19.6 Å². The van der Waals surface area contributed by atoms with Crippen molar-refractivity contribution in [1.82, 2.24) is 0 Å². The van der Waals surface area contributed by atoms with Crippen molar-refractivity contribution < 1.29 is 39.1 Å². The first kappa shape index (κ1) is 31.3. The Morgan fingerprint density at radius 2 is 1.77 bits per heavy atom. The summed E-state index contributed by atoms with van der Waals surface area (Å²) in [6.45, 7) is 11.6. The summed E-state index contributed by atoms with van der Waals surface area (Å²) < 4.78 is 26.5. The maximum absolute atomic E-state index is 13.6. The lowest BCUT2D eigenvalue weighted by molar-refractivity contribution is -0.406. The van der Waals surface area contributed by atoms with E-state index in [1.54, 1.807) is 19.1 Å². The van der Waals surface area contributed by atoms with Gasteiger partial charge in [-0.2, -0.15) is 0 Å². The van der Waals surface area contributed by atoms with Crippen molar-refractivity contribution in [3.8, 4) is 0 Å². The van der Waals surface area contributed by atoms with Gasteiger partial charge in [0.25, 0.3) is 0 Å². The first-order valence-electron chi connectivity index (χ1n) is 16.5. The third kappa shape index (κ3) is 4.31. The van der Waals surface area contributed by atoms with Gasteiger partial charge in [-0.15, -0.1) is 0 Å². The smallest absolute Gasteiger partial charge is 0.306 e. The lowest BCUT2D eigenvalue weighted by Gasteiger charge is -2.59. The SMILES string of the molecule is C=C(C)[C@]12C[C@@H](C)[C@@]34OC(/C=C/C=C/CCCCCCCCCC)(O[C@@H]1[C@@H]3[C@@H]1O[C@]1(CO)[C@@H](O)[C@]1(O)C(=O)C(C)=C[C@H]14)O2. The van der Waals surface area contributed by atoms with E-state index in [-0.39, 0.29) is 5.92 Å². The molecule has 0 radical (unpaired) electrons. The number of hydrogen-bond donors (Lipinski definition) is 3. The van der Waals surface area contributed by atoms with Crippen LogP contribution in [-0.2, 0) is 23.7 Å². The van der Waals surface area contributed by atoms with Gasteiger partial charge in [-0.1, -0.05) is 89.7 Å². The van der Waals surface area contributed by atoms with E-state index in [4.69, 9.17) is 18.9 Å². The van der Waals surface area contributed by atoms with Gasteiger partial charge < -0.3 is 34.3 Å². The summed E-state index contributed by atoms with van der Waals surface area (Å²) in [5, 5.41) is 34.2. The Hall–Kier alpha value is -1.65. The van der Waals surface area contributed by atoms with Crippen molar-refractivity contribution in [2.45, 2.75) is 139 Å². The molecule has 43 heavy (non-hydrogen) atoms. The third-order valence-corrected chi connectivity index (χ3v) is 11.4. The molecule has 3 heterocycles. The number of epoxide rings is 1. The van der Waals surface area contributed by atoms with Crippen LogP contribution in [0.3, 0.4) is 0 Å². The number of ether oxygens (including phenoxy) is 4. The minimum Gasteiger partial charge on any atom is -0.393 e. The molecule has 5 fully saturated rings. The van der Waals surface area contributed by atoms with Gasteiger partial charge in [-0.25, -0.2) is 0 Å². The number of fused-ring (bicyclic) bond motifs is 3. The molecule has 0 aromatic carbocycles. The Kier molecular flexibility index (Phi) is 8.02. The zero-order valence-electron chi connectivity index (χ0n) is 26.2. The van der Waals surface area contributed by atoms with Crippen molar-refractivity contribution in [3.63, 3.8) is 0 Å². The van der Waals surface area contributed by atoms with Gasteiger partial charge in [0.15, 0.2) is 11.4 Å². The lowest BCUT2D eigenvalue weighted by Crippen LogP contribution is -2.72. The summed E-state index contributed by atoms with van der Waals surface area (Å²) in [6, 6.07) is 0. The fraction of sp³-hybridized carbons (Fsp3) is 0.743. The summed E-state index contributed by atoms with van der Waals surface area (Å²) >= 11 is 0. The van der Waals surface area contributed by atoms with Gasteiger partial charge in [-0.3, -0.25) is 4.79 Å². The number of ketones is 1. The van der Waals surface area contributed by atoms with Crippen LogP contribution in [0.4, 0.5) is 0 Å². The number of hydrogen-bond acceptors (Lipinski definition) is 8. The standard InChI is InChI=1S/C35H50O8/c1-6-7-8-9-10-11-12-13-14-15-16-17-18-33-41-28-26-29-32(21-36,40-29)30(38)34(39)25(19-23(4)27(34)37)35(26,43-33)24(5)20-31(28,42-33)22(2)3/h15-19,24-26,28-30,36,38-39H,2,6-14,20-21H2,1,3-5H3/b16-15+,18-17+/t24-,25-,26-,28-,29+,30-,31-,32+,33?,34-,35+/m1/s1. The van der Waals surface area contributed by atoms with E-state index in [0.717, 1.165) is 18.4 Å². The average molecular weight is 599 g/mol. The summed E-state index contributed by atoms with van der Waals surface area (Å²) in [5.74, 6) is -3.80. The molecule has 3 saturated heterocycles. The molecular weight excluding hydrogens is 548 g/mol. The minimum absolute atomic E-state index is 0.237. The predicted octanol–water partition coefficient (Wildman–Crippen LogP) is 4.82. The highest BCUT2D eigenvalue weighted by atomic mass is 16.9. The fourth-order valence-electron chi connectivity index (χ4n) is 9.16. The van der Waals surface area contributed by atoms with Crippen LogP contribution in [0.5, 0.6) is 0 Å². The molecule has 0 aromatic heterocycles. The van der Waals surface area contributed by atoms with E-state index in [1.165, 1.54) is 44.9 Å².